The third-order valence-electron chi connectivity index (χ3n) is 5.70. The van der Waals surface area contributed by atoms with Gasteiger partial charge in [0.1, 0.15) is 6.33 Å². The Morgan fingerprint density at radius 3 is 2.55 bits per heavy atom. The predicted octanol–water partition coefficient (Wildman–Crippen LogP) is 4.01. The third-order valence-corrected chi connectivity index (χ3v) is 5.95. The second-order valence-electron chi connectivity index (χ2n) is 7.90. The van der Waals surface area contributed by atoms with Gasteiger partial charge in [-0.05, 0) is 55.0 Å². The van der Waals surface area contributed by atoms with Crippen molar-refractivity contribution in [3.63, 3.8) is 0 Å². The molecule has 1 fully saturated rings. The number of carbonyl (C=O) groups is 1. The van der Waals surface area contributed by atoms with Gasteiger partial charge < -0.3 is 10.4 Å². The van der Waals surface area contributed by atoms with Gasteiger partial charge >= 0.3 is 0 Å². The Morgan fingerprint density at radius 2 is 1.81 bits per heavy atom. The van der Waals surface area contributed by atoms with Crippen LogP contribution in [-0.2, 0) is 12.8 Å². The lowest BCUT2D eigenvalue weighted by Gasteiger charge is -2.28. The van der Waals surface area contributed by atoms with Crippen LogP contribution >= 0.6 is 11.6 Å². The Labute approximate surface area is 186 Å². The Balaban J connectivity index is 1.59. The highest BCUT2D eigenvalue weighted by Crippen LogP contribution is 2.27. The van der Waals surface area contributed by atoms with Gasteiger partial charge in [-0.25, -0.2) is 9.97 Å². The number of nitrogens with zero attached hydrogens (tertiary/aromatic N) is 3. The van der Waals surface area contributed by atoms with Crippen molar-refractivity contribution in [1.82, 2.24) is 20.3 Å². The van der Waals surface area contributed by atoms with E-state index in [1.54, 1.807) is 18.6 Å². The fourth-order valence-corrected chi connectivity index (χ4v) is 4.08. The minimum Gasteiger partial charge on any atom is -0.391 e. The molecule has 160 valence electrons. The van der Waals surface area contributed by atoms with E-state index < -0.39 is 6.10 Å². The minimum absolute atomic E-state index is 0.210. The maximum Gasteiger partial charge on any atom is 0.253 e. The molecule has 1 saturated carbocycles. The number of benzene rings is 1. The van der Waals surface area contributed by atoms with Crippen molar-refractivity contribution in [3.8, 4) is 11.1 Å². The van der Waals surface area contributed by atoms with E-state index in [0.29, 0.717) is 17.0 Å². The molecular weight excluding hydrogens is 412 g/mol. The normalized spacial score (nSPS) is 18.5. The van der Waals surface area contributed by atoms with Crippen LogP contribution in [0.15, 0.2) is 55.2 Å². The summed E-state index contributed by atoms with van der Waals surface area (Å²) in [6.45, 7) is 0. The van der Waals surface area contributed by atoms with Crippen LogP contribution < -0.4 is 5.32 Å². The van der Waals surface area contributed by atoms with Crippen molar-refractivity contribution >= 4 is 17.5 Å². The number of aliphatic hydroxyl groups excluding tert-OH is 1. The zero-order chi connectivity index (χ0) is 21.6. The van der Waals surface area contributed by atoms with Gasteiger partial charge in [0.25, 0.3) is 5.91 Å². The van der Waals surface area contributed by atoms with E-state index in [9.17, 15) is 9.90 Å². The molecule has 4 rings (SSSR count). The van der Waals surface area contributed by atoms with E-state index in [-0.39, 0.29) is 11.9 Å². The zero-order valence-corrected chi connectivity index (χ0v) is 17.9. The number of aliphatic hydroxyl groups is 1. The molecule has 2 heterocycles. The summed E-state index contributed by atoms with van der Waals surface area (Å²) in [5, 5.41) is 13.8. The Hall–Kier alpha value is -2.83. The van der Waals surface area contributed by atoms with Crippen LogP contribution in [0, 0.1) is 0 Å². The molecule has 0 bridgehead atoms. The van der Waals surface area contributed by atoms with Crippen molar-refractivity contribution in [3.05, 3.63) is 77.1 Å². The first-order valence-electron chi connectivity index (χ1n) is 10.6. The lowest BCUT2D eigenvalue weighted by atomic mass is 9.92. The molecule has 1 amide bonds. The van der Waals surface area contributed by atoms with Crippen LogP contribution in [0.4, 0.5) is 0 Å². The summed E-state index contributed by atoms with van der Waals surface area (Å²) >= 11 is 6.07. The van der Waals surface area contributed by atoms with Crippen molar-refractivity contribution in [2.24, 2.45) is 0 Å². The number of hydrogen-bond acceptors (Lipinski definition) is 5. The van der Waals surface area contributed by atoms with E-state index in [4.69, 9.17) is 11.6 Å². The average Bonchev–Trinajstić information content (AvgIpc) is 2.80. The smallest absolute Gasteiger partial charge is 0.253 e. The molecule has 2 aromatic heterocycles. The van der Waals surface area contributed by atoms with Crippen LogP contribution in [-0.4, -0.2) is 38.1 Å². The summed E-state index contributed by atoms with van der Waals surface area (Å²) in [6, 6.07) is 9.19. The van der Waals surface area contributed by atoms with E-state index in [0.717, 1.165) is 54.5 Å². The lowest BCUT2D eigenvalue weighted by molar-refractivity contribution is 0.0717. The highest BCUT2D eigenvalue weighted by Gasteiger charge is 2.25. The maximum atomic E-state index is 12.9. The van der Waals surface area contributed by atoms with Crippen molar-refractivity contribution in [2.45, 2.75) is 50.7 Å². The summed E-state index contributed by atoms with van der Waals surface area (Å²) in [6.07, 6.45) is 11.2. The van der Waals surface area contributed by atoms with Gasteiger partial charge in [-0.2, -0.15) is 0 Å². The van der Waals surface area contributed by atoms with Crippen molar-refractivity contribution in [2.75, 3.05) is 0 Å². The highest BCUT2D eigenvalue weighted by atomic mass is 35.5. The molecule has 2 atom stereocenters. The van der Waals surface area contributed by atoms with Crippen molar-refractivity contribution < 1.29 is 9.90 Å². The maximum absolute atomic E-state index is 12.9. The quantitative estimate of drug-likeness (QED) is 0.609. The monoisotopic (exact) mass is 436 g/mol. The van der Waals surface area contributed by atoms with Crippen LogP contribution in [0.3, 0.4) is 0 Å². The van der Waals surface area contributed by atoms with Gasteiger partial charge in [-0.15, -0.1) is 0 Å². The Kier molecular flexibility index (Phi) is 6.89. The first-order valence-corrected chi connectivity index (χ1v) is 11.0. The van der Waals surface area contributed by atoms with Gasteiger partial charge in [0.05, 0.1) is 17.7 Å². The van der Waals surface area contributed by atoms with E-state index in [2.05, 4.69) is 20.3 Å². The summed E-state index contributed by atoms with van der Waals surface area (Å²) in [4.78, 5) is 25.6. The molecule has 2 unspecified atom stereocenters. The molecule has 1 aliphatic carbocycles. The van der Waals surface area contributed by atoms with Gasteiger partial charge in [0.2, 0.25) is 0 Å². The summed E-state index contributed by atoms with van der Waals surface area (Å²) in [5.74, 6) is -0.211. The van der Waals surface area contributed by atoms with Gasteiger partial charge in [-0.3, -0.25) is 9.78 Å². The second kappa shape index (κ2) is 9.98. The van der Waals surface area contributed by atoms with Gasteiger partial charge in [0.15, 0.2) is 0 Å². The number of aromatic nitrogens is 3. The fourth-order valence-electron chi connectivity index (χ4n) is 3.95. The number of pyridine rings is 1. The number of nitrogens with one attached hydrogen (secondary N) is 1. The van der Waals surface area contributed by atoms with Crippen LogP contribution in [0.5, 0.6) is 0 Å². The summed E-state index contributed by atoms with van der Waals surface area (Å²) < 4.78 is 0. The summed E-state index contributed by atoms with van der Waals surface area (Å²) in [7, 11) is 0. The molecular formula is C24H25ClN4O2. The summed E-state index contributed by atoms with van der Waals surface area (Å²) in [5.41, 5.74) is 4.24. The SMILES string of the molecule is O=C(NC1CCCCC1O)c1cnc(CCc2cncnc2)c(-c2ccc(Cl)cc2)c1. The molecule has 3 aromatic rings. The number of hydrogen-bond donors (Lipinski definition) is 2. The molecule has 31 heavy (non-hydrogen) atoms. The molecule has 0 aliphatic heterocycles. The van der Waals surface area contributed by atoms with Crippen molar-refractivity contribution in [1.29, 1.82) is 0 Å². The van der Waals surface area contributed by atoms with Crippen LogP contribution in [0.25, 0.3) is 11.1 Å². The number of halogens is 1. The highest BCUT2D eigenvalue weighted by molar-refractivity contribution is 6.30. The number of rotatable bonds is 6. The number of amides is 1. The van der Waals surface area contributed by atoms with Crippen LogP contribution in [0.2, 0.25) is 5.02 Å². The molecule has 0 radical (unpaired) electrons. The topological polar surface area (TPSA) is 88.0 Å². The molecule has 7 heteroatoms. The first kappa shape index (κ1) is 21.4. The molecule has 2 N–H and O–H groups in total. The zero-order valence-electron chi connectivity index (χ0n) is 17.2. The standard InChI is InChI=1S/C24H25ClN4O2/c25-19-8-6-17(7-9-19)20-11-18(24(31)29-22-3-1-2-4-23(22)30)14-28-21(20)10-5-16-12-26-15-27-13-16/h6-9,11-15,22-23,30H,1-5,10H2,(H,29,31). The van der Waals surface area contributed by atoms with E-state index in [1.807, 2.05) is 30.3 Å². The van der Waals surface area contributed by atoms with Gasteiger partial charge in [0, 0.05) is 34.9 Å². The minimum atomic E-state index is -0.492. The first-order chi connectivity index (χ1) is 15.1. The van der Waals surface area contributed by atoms with Gasteiger partial charge in [-0.1, -0.05) is 36.6 Å². The molecule has 1 aromatic carbocycles. The molecule has 0 saturated heterocycles. The largest absolute Gasteiger partial charge is 0.391 e. The third kappa shape index (κ3) is 5.46. The van der Waals surface area contributed by atoms with E-state index >= 15 is 0 Å². The Morgan fingerprint density at radius 1 is 1.06 bits per heavy atom. The molecule has 6 nitrogen and oxygen atoms in total. The average molecular weight is 437 g/mol. The lowest BCUT2D eigenvalue weighted by Crippen LogP contribution is -2.45. The van der Waals surface area contributed by atoms with Crippen LogP contribution in [0.1, 0.15) is 47.3 Å². The predicted molar refractivity (Wildman–Crippen MR) is 120 cm³/mol. The molecule has 0 spiro atoms. The number of carbonyl (C=O) groups excluding carboxylic acids is 1. The molecule has 1 aliphatic rings. The Bertz CT molecular complexity index is 1030. The fraction of sp³-hybridized carbons (Fsp3) is 0.333. The van der Waals surface area contributed by atoms with E-state index in [1.165, 1.54) is 6.33 Å². The number of aryl methyl sites for hydroxylation is 2. The second-order valence-corrected chi connectivity index (χ2v) is 8.34.